The summed E-state index contributed by atoms with van der Waals surface area (Å²) in [5.74, 6) is 0. The predicted molar refractivity (Wildman–Crippen MR) is 68.3 cm³/mol. The molecular weight excluding hydrogens is 245 g/mol. The van der Waals surface area contributed by atoms with Crippen LogP contribution in [0, 0.1) is 0 Å². The third-order valence-electron chi connectivity index (χ3n) is 2.72. The SMILES string of the molecule is Cn1cc(CCCO)c2ccc(Cl)c(Cl)c21. The third kappa shape index (κ3) is 1.93. The fourth-order valence-corrected chi connectivity index (χ4v) is 2.43. The molecule has 0 saturated heterocycles. The molecule has 2 nitrogen and oxygen atoms in total. The van der Waals surface area contributed by atoms with Crippen molar-refractivity contribution in [2.45, 2.75) is 12.8 Å². The van der Waals surface area contributed by atoms with Gasteiger partial charge in [0.25, 0.3) is 0 Å². The van der Waals surface area contributed by atoms with Crippen LogP contribution in [-0.2, 0) is 13.5 Å². The van der Waals surface area contributed by atoms with Crippen molar-refractivity contribution < 1.29 is 5.11 Å². The zero-order valence-corrected chi connectivity index (χ0v) is 10.5. The van der Waals surface area contributed by atoms with Crippen LogP contribution in [-0.4, -0.2) is 16.3 Å². The van der Waals surface area contributed by atoms with Crippen molar-refractivity contribution in [2.24, 2.45) is 7.05 Å². The molecule has 2 aromatic rings. The Kier molecular flexibility index (Phi) is 3.43. The summed E-state index contributed by atoms with van der Waals surface area (Å²) >= 11 is 12.2. The van der Waals surface area contributed by atoms with Crippen LogP contribution in [0.3, 0.4) is 0 Å². The van der Waals surface area contributed by atoms with Gasteiger partial charge in [-0.25, -0.2) is 0 Å². The van der Waals surface area contributed by atoms with Gasteiger partial charge in [-0.2, -0.15) is 0 Å². The first kappa shape index (κ1) is 11.8. The first-order chi connectivity index (χ1) is 7.65. The summed E-state index contributed by atoms with van der Waals surface area (Å²) in [6, 6.07) is 3.80. The van der Waals surface area contributed by atoms with Crippen LogP contribution in [0.15, 0.2) is 18.3 Å². The van der Waals surface area contributed by atoms with Gasteiger partial charge >= 0.3 is 0 Å². The van der Waals surface area contributed by atoms with E-state index in [1.165, 1.54) is 5.56 Å². The van der Waals surface area contributed by atoms with Crippen molar-refractivity contribution in [1.29, 1.82) is 0 Å². The van der Waals surface area contributed by atoms with Crippen molar-refractivity contribution >= 4 is 34.1 Å². The van der Waals surface area contributed by atoms with Gasteiger partial charge in [0.15, 0.2) is 0 Å². The van der Waals surface area contributed by atoms with E-state index in [0.29, 0.717) is 10.0 Å². The van der Waals surface area contributed by atoms with E-state index in [1.54, 1.807) is 0 Å². The molecule has 86 valence electrons. The molecule has 4 heteroatoms. The first-order valence-electron chi connectivity index (χ1n) is 5.18. The lowest BCUT2D eigenvalue weighted by Crippen LogP contribution is -1.87. The Labute approximate surface area is 104 Å². The number of hydrogen-bond acceptors (Lipinski definition) is 1. The Morgan fingerprint density at radius 3 is 2.75 bits per heavy atom. The Balaban J connectivity index is 2.58. The smallest absolute Gasteiger partial charge is 0.0835 e. The molecule has 0 aliphatic carbocycles. The second-order valence-corrected chi connectivity index (χ2v) is 4.64. The average Bonchev–Trinajstić information content (AvgIpc) is 2.58. The summed E-state index contributed by atoms with van der Waals surface area (Å²) in [7, 11) is 1.95. The van der Waals surface area contributed by atoms with Crippen LogP contribution in [0.1, 0.15) is 12.0 Å². The highest BCUT2D eigenvalue weighted by Gasteiger charge is 2.11. The van der Waals surface area contributed by atoms with Crippen molar-refractivity contribution in [3.63, 3.8) is 0 Å². The van der Waals surface area contributed by atoms with Crippen LogP contribution in [0.2, 0.25) is 10.0 Å². The van der Waals surface area contributed by atoms with E-state index >= 15 is 0 Å². The van der Waals surface area contributed by atoms with Gasteiger partial charge in [-0.1, -0.05) is 29.3 Å². The lowest BCUT2D eigenvalue weighted by molar-refractivity contribution is 0.288. The molecule has 0 fully saturated rings. The van der Waals surface area contributed by atoms with Gasteiger partial charge in [-0.15, -0.1) is 0 Å². The van der Waals surface area contributed by atoms with E-state index in [0.717, 1.165) is 23.7 Å². The van der Waals surface area contributed by atoms with E-state index in [2.05, 4.69) is 0 Å². The fraction of sp³-hybridized carbons (Fsp3) is 0.333. The predicted octanol–water partition coefficient (Wildman–Crippen LogP) is 3.41. The average molecular weight is 258 g/mol. The van der Waals surface area contributed by atoms with Gasteiger partial charge in [0, 0.05) is 25.2 Å². The molecule has 0 bridgehead atoms. The Morgan fingerprint density at radius 1 is 1.31 bits per heavy atom. The van der Waals surface area contributed by atoms with Crippen molar-refractivity contribution in [2.75, 3.05) is 6.61 Å². The minimum Gasteiger partial charge on any atom is -0.396 e. The number of nitrogens with zero attached hydrogens (tertiary/aromatic N) is 1. The number of rotatable bonds is 3. The van der Waals surface area contributed by atoms with E-state index in [4.69, 9.17) is 28.3 Å². The molecule has 16 heavy (non-hydrogen) atoms. The lowest BCUT2D eigenvalue weighted by Gasteiger charge is -2.01. The van der Waals surface area contributed by atoms with E-state index in [9.17, 15) is 0 Å². The Morgan fingerprint density at radius 2 is 2.06 bits per heavy atom. The summed E-state index contributed by atoms with van der Waals surface area (Å²) in [6.45, 7) is 0.206. The molecule has 1 heterocycles. The van der Waals surface area contributed by atoms with Crippen LogP contribution in [0.25, 0.3) is 10.9 Å². The monoisotopic (exact) mass is 257 g/mol. The number of hydrogen-bond donors (Lipinski definition) is 1. The fourth-order valence-electron chi connectivity index (χ4n) is 1.98. The second-order valence-electron chi connectivity index (χ2n) is 3.85. The van der Waals surface area contributed by atoms with Crippen LogP contribution in [0.5, 0.6) is 0 Å². The Hall–Kier alpha value is -0.700. The molecular formula is C12H13Cl2NO. The van der Waals surface area contributed by atoms with Gasteiger partial charge in [-0.3, -0.25) is 0 Å². The second kappa shape index (κ2) is 4.66. The van der Waals surface area contributed by atoms with Gasteiger partial charge < -0.3 is 9.67 Å². The standard InChI is InChI=1S/C12H13Cl2NO/c1-15-7-8(3-2-6-16)9-4-5-10(13)11(14)12(9)15/h4-5,7,16H,2-3,6H2,1H3. The van der Waals surface area contributed by atoms with Gasteiger partial charge in [0.1, 0.15) is 0 Å². The van der Waals surface area contributed by atoms with E-state index in [-0.39, 0.29) is 6.61 Å². The lowest BCUT2D eigenvalue weighted by atomic mass is 10.1. The third-order valence-corrected chi connectivity index (χ3v) is 3.52. The normalized spacial score (nSPS) is 11.2. The number of aryl methyl sites for hydroxylation is 2. The van der Waals surface area contributed by atoms with Crippen LogP contribution in [0.4, 0.5) is 0 Å². The highest BCUT2D eigenvalue weighted by molar-refractivity contribution is 6.45. The largest absolute Gasteiger partial charge is 0.396 e. The van der Waals surface area contributed by atoms with E-state index in [1.807, 2.05) is 29.9 Å². The summed E-state index contributed by atoms with van der Waals surface area (Å²) in [5.41, 5.74) is 2.16. The summed E-state index contributed by atoms with van der Waals surface area (Å²) in [5, 5.41) is 11.1. The maximum Gasteiger partial charge on any atom is 0.0835 e. The molecule has 1 N–H and O–H groups in total. The maximum atomic E-state index is 8.85. The minimum atomic E-state index is 0.206. The number of halogens is 2. The minimum absolute atomic E-state index is 0.206. The number of benzene rings is 1. The summed E-state index contributed by atoms with van der Waals surface area (Å²) in [6.07, 6.45) is 3.66. The number of aliphatic hydroxyl groups excluding tert-OH is 1. The van der Waals surface area contributed by atoms with Crippen molar-refractivity contribution in [1.82, 2.24) is 4.57 Å². The summed E-state index contributed by atoms with van der Waals surface area (Å²) in [4.78, 5) is 0. The van der Waals surface area contributed by atoms with E-state index < -0.39 is 0 Å². The molecule has 0 unspecified atom stereocenters. The van der Waals surface area contributed by atoms with Gasteiger partial charge in [0.05, 0.1) is 15.6 Å². The molecule has 2 rings (SSSR count). The molecule has 0 spiro atoms. The molecule has 0 aliphatic heterocycles. The highest BCUT2D eigenvalue weighted by atomic mass is 35.5. The van der Waals surface area contributed by atoms with Gasteiger partial charge in [-0.05, 0) is 24.5 Å². The molecule has 0 atom stereocenters. The number of aliphatic hydroxyl groups is 1. The highest BCUT2D eigenvalue weighted by Crippen LogP contribution is 2.33. The van der Waals surface area contributed by atoms with Crippen LogP contribution >= 0.6 is 23.2 Å². The number of aromatic nitrogens is 1. The van der Waals surface area contributed by atoms with Crippen LogP contribution < -0.4 is 0 Å². The molecule has 1 aromatic carbocycles. The first-order valence-corrected chi connectivity index (χ1v) is 5.93. The molecule has 0 aliphatic rings. The zero-order valence-electron chi connectivity index (χ0n) is 9.00. The topological polar surface area (TPSA) is 25.2 Å². The quantitative estimate of drug-likeness (QED) is 0.896. The summed E-state index contributed by atoms with van der Waals surface area (Å²) < 4.78 is 1.98. The Bertz CT molecular complexity index is 519. The molecule has 1 aromatic heterocycles. The zero-order chi connectivity index (χ0) is 11.7. The van der Waals surface area contributed by atoms with Crippen molar-refractivity contribution in [3.8, 4) is 0 Å². The number of fused-ring (bicyclic) bond motifs is 1. The molecule has 0 radical (unpaired) electrons. The van der Waals surface area contributed by atoms with Gasteiger partial charge in [0.2, 0.25) is 0 Å². The molecule has 0 amide bonds. The van der Waals surface area contributed by atoms with Crippen molar-refractivity contribution in [3.05, 3.63) is 33.9 Å². The maximum absolute atomic E-state index is 8.85. The molecule has 0 saturated carbocycles.